The predicted molar refractivity (Wildman–Crippen MR) is 106 cm³/mol. The topological polar surface area (TPSA) is 121 Å². The standard InChI is InChI=1S/C19H23N7O3/c1-12-7-5-6-8-16(12)10-24-11-20-19(23-24)21-18(27)13(2)9-25-15(4)17(26(28)29)14(3)22-25/h5-8,11,13H,9-10H2,1-4H3,(H,21,23,27). The molecule has 10 heteroatoms. The Kier molecular flexibility index (Phi) is 5.71. The summed E-state index contributed by atoms with van der Waals surface area (Å²) in [6.07, 6.45) is 1.57. The van der Waals surface area contributed by atoms with Gasteiger partial charge in [-0.2, -0.15) is 5.10 Å². The van der Waals surface area contributed by atoms with Crippen molar-refractivity contribution in [2.24, 2.45) is 5.92 Å². The Hall–Kier alpha value is -3.56. The van der Waals surface area contributed by atoms with E-state index in [2.05, 4.69) is 20.5 Å². The molecule has 0 aliphatic carbocycles. The van der Waals surface area contributed by atoms with Gasteiger partial charge < -0.3 is 0 Å². The molecule has 152 valence electrons. The SMILES string of the molecule is Cc1ccccc1Cn1cnc(NC(=O)C(C)Cn2nc(C)c([N+](=O)[O-])c2C)n1. The summed E-state index contributed by atoms with van der Waals surface area (Å²) in [6.45, 7) is 7.73. The van der Waals surface area contributed by atoms with Crippen LogP contribution in [0.15, 0.2) is 30.6 Å². The van der Waals surface area contributed by atoms with Crippen LogP contribution in [-0.2, 0) is 17.9 Å². The fourth-order valence-electron chi connectivity index (χ4n) is 3.10. The summed E-state index contributed by atoms with van der Waals surface area (Å²) in [5.74, 6) is -0.542. The van der Waals surface area contributed by atoms with Crippen LogP contribution in [-0.4, -0.2) is 35.4 Å². The van der Waals surface area contributed by atoms with Gasteiger partial charge in [-0.15, -0.1) is 5.10 Å². The third kappa shape index (κ3) is 4.48. The normalized spacial score (nSPS) is 12.0. The number of carbonyl (C=O) groups is 1. The highest BCUT2D eigenvalue weighted by molar-refractivity contribution is 5.90. The van der Waals surface area contributed by atoms with Crippen molar-refractivity contribution in [2.75, 3.05) is 5.32 Å². The Labute approximate surface area is 167 Å². The number of nitro groups is 1. The number of hydrogen-bond acceptors (Lipinski definition) is 6. The van der Waals surface area contributed by atoms with E-state index >= 15 is 0 Å². The first-order valence-corrected chi connectivity index (χ1v) is 9.19. The van der Waals surface area contributed by atoms with Crippen molar-refractivity contribution in [3.8, 4) is 0 Å². The van der Waals surface area contributed by atoms with Gasteiger partial charge in [0.2, 0.25) is 11.9 Å². The molecule has 0 spiro atoms. The molecule has 2 heterocycles. The van der Waals surface area contributed by atoms with Crippen LogP contribution in [0.4, 0.5) is 11.6 Å². The molecule has 1 unspecified atom stereocenters. The average Bonchev–Trinajstić information content (AvgIpc) is 3.20. The van der Waals surface area contributed by atoms with E-state index in [0.29, 0.717) is 17.9 Å². The molecule has 0 saturated carbocycles. The first kappa shape index (κ1) is 20.2. The largest absolute Gasteiger partial charge is 0.312 e. The zero-order valence-corrected chi connectivity index (χ0v) is 16.8. The van der Waals surface area contributed by atoms with Crippen LogP contribution < -0.4 is 5.32 Å². The van der Waals surface area contributed by atoms with Gasteiger partial charge in [-0.1, -0.05) is 31.2 Å². The fraction of sp³-hybridized carbons (Fsp3) is 0.368. The molecule has 1 aromatic carbocycles. The van der Waals surface area contributed by atoms with E-state index < -0.39 is 10.8 Å². The first-order valence-electron chi connectivity index (χ1n) is 9.19. The summed E-state index contributed by atoms with van der Waals surface area (Å²) in [6, 6.07) is 7.99. The molecule has 3 rings (SSSR count). The minimum absolute atomic E-state index is 0.0192. The zero-order chi connectivity index (χ0) is 21.1. The molecule has 0 aliphatic heterocycles. The minimum Gasteiger partial charge on any atom is -0.293 e. The second-order valence-corrected chi connectivity index (χ2v) is 7.04. The van der Waals surface area contributed by atoms with Crippen molar-refractivity contribution in [3.63, 3.8) is 0 Å². The molecule has 0 radical (unpaired) electrons. The lowest BCUT2D eigenvalue weighted by molar-refractivity contribution is -0.386. The Balaban J connectivity index is 1.63. The summed E-state index contributed by atoms with van der Waals surface area (Å²) >= 11 is 0. The Bertz CT molecular complexity index is 1050. The molecule has 1 atom stereocenters. The lowest BCUT2D eigenvalue weighted by Gasteiger charge is -2.11. The number of amides is 1. The van der Waals surface area contributed by atoms with Crippen LogP contribution in [0.3, 0.4) is 0 Å². The second kappa shape index (κ2) is 8.21. The Morgan fingerprint density at radius 2 is 1.97 bits per heavy atom. The Morgan fingerprint density at radius 1 is 1.24 bits per heavy atom. The number of benzene rings is 1. The summed E-state index contributed by atoms with van der Waals surface area (Å²) in [5.41, 5.74) is 3.01. The van der Waals surface area contributed by atoms with Crippen molar-refractivity contribution < 1.29 is 9.72 Å². The number of nitrogens with one attached hydrogen (secondary N) is 1. The highest BCUT2D eigenvalue weighted by Crippen LogP contribution is 2.22. The maximum Gasteiger partial charge on any atom is 0.312 e. The van der Waals surface area contributed by atoms with Gasteiger partial charge in [0.05, 0.1) is 23.9 Å². The van der Waals surface area contributed by atoms with Crippen LogP contribution in [0.1, 0.15) is 29.4 Å². The van der Waals surface area contributed by atoms with Crippen LogP contribution in [0.5, 0.6) is 0 Å². The van der Waals surface area contributed by atoms with E-state index in [1.54, 1.807) is 31.8 Å². The van der Waals surface area contributed by atoms with Gasteiger partial charge in [0.15, 0.2) is 0 Å². The van der Waals surface area contributed by atoms with E-state index in [0.717, 1.165) is 11.1 Å². The van der Waals surface area contributed by atoms with Crippen molar-refractivity contribution in [1.82, 2.24) is 24.5 Å². The van der Waals surface area contributed by atoms with E-state index in [9.17, 15) is 14.9 Å². The van der Waals surface area contributed by atoms with Gasteiger partial charge in [-0.05, 0) is 31.9 Å². The summed E-state index contributed by atoms with van der Waals surface area (Å²) in [7, 11) is 0. The van der Waals surface area contributed by atoms with E-state index in [4.69, 9.17) is 0 Å². The monoisotopic (exact) mass is 397 g/mol. The number of hydrogen-bond donors (Lipinski definition) is 1. The first-order chi connectivity index (χ1) is 13.8. The van der Waals surface area contributed by atoms with Crippen LogP contribution in [0.25, 0.3) is 0 Å². The maximum absolute atomic E-state index is 12.5. The molecule has 0 fully saturated rings. The van der Waals surface area contributed by atoms with E-state index in [-0.39, 0.29) is 24.1 Å². The number of nitrogens with zero attached hydrogens (tertiary/aromatic N) is 6. The van der Waals surface area contributed by atoms with Crippen molar-refractivity contribution >= 4 is 17.5 Å². The predicted octanol–water partition coefficient (Wildman–Crippen LogP) is 2.63. The molecule has 0 aliphatic rings. The molecule has 29 heavy (non-hydrogen) atoms. The Morgan fingerprint density at radius 3 is 2.62 bits per heavy atom. The van der Waals surface area contributed by atoms with Crippen LogP contribution >= 0.6 is 0 Å². The van der Waals surface area contributed by atoms with Crippen molar-refractivity contribution in [1.29, 1.82) is 0 Å². The van der Waals surface area contributed by atoms with Gasteiger partial charge in [-0.25, -0.2) is 9.67 Å². The van der Waals surface area contributed by atoms with Crippen molar-refractivity contribution in [2.45, 2.75) is 40.8 Å². The number of carbonyl (C=O) groups excluding carboxylic acids is 1. The lowest BCUT2D eigenvalue weighted by Crippen LogP contribution is -2.26. The van der Waals surface area contributed by atoms with Gasteiger partial charge >= 0.3 is 5.69 Å². The average molecular weight is 397 g/mol. The molecular formula is C19H23N7O3. The third-order valence-electron chi connectivity index (χ3n) is 4.79. The maximum atomic E-state index is 12.5. The number of aromatic nitrogens is 5. The smallest absolute Gasteiger partial charge is 0.293 e. The number of anilines is 1. The van der Waals surface area contributed by atoms with Gasteiger partial charge in [0, 0.05) is 0 Å². The zero-order valence-electron chi connectivity index (χ0n) is 16.8. The van der Waals surface area contributed by atoms with Crippen LogP contribution in [0, 0.1) is 36.8 Å². The number of aryl methyl sites for hydroxylation is 2. The number of rotatable bonds is 7. The fourth-order valence-corrected chi connectivity index (χ4v) is 3.10. The second-order valence-electron chi connectivity index (χ2n) is 7.04. The molecule has 3 aromatic rings. The van der Waals surface area contributed by atoms with Crippen molar-refractivity contribution in [3.05, 3.63) is 63.2 Å². The van der Waals surface area contributed by atoms with Gasteiger partial charge in [-0.3, -0.25) is 24.9 Å². The lowest BCUT2D eigenvalue weighted by atomic mass is 10.1. The molecular weight excluding hydrogens is 374 g/mol. The van der Waals surface area contributed by atoms with Gasteiger partial charge in [0.1, 0.15) is 17.7 Å². The van der Waals surface area contributed by atoms with E-state index in [1.807, 2.05) is 31.2 Å². The molecule has 2 aromatic heterocycles. The molecule has 10 nitrogen and oxygen atoms in total. The molecule has 0 bridgehead atoms. The highest BCUT2D eigenvalue weighted by Gasteiger charge is 2.24. The van der Waals surface area contributed by atoms with Gasteiger partial charge in [0.25, 0.3) is 0 Å². The molecule has 1 N–H and O–H groups in total. The highest BCUT2D eigenvalue weighted by atomic mass is 16.6. The molecule has 1 amide bonds. The summed E-state index contributed by atoms with van der Waals surface area (Å²) < 4.78 is 3.15. The third-order valence-corrected chi connectivity index (χ3v) is 4.79. The van der Waals surface area contributed by atoms with E-state index in [1.165, 1.54) is 4.68 Å². The summed E-state index contributed by atoms with van der Waals surface area (Å²) in [5, 5.41) is 22.3. The minimum atomic E-state index is -0.476. The summed E-state index contributed by atoms with van der Waals surface area (Å²) in [4.78, 5) is 27.3. The quantitative estimate of drug-likeness (QED) is 0.483. The van der Waals surface area contributed by atoms with Crippen LogP contribution in [0.2, 0.25) is 0 Å². The molecule has 0 saturated heterocycles.